The van der Waals surface area contributed by atoms with E-state index in [1.165, 1.54) is 11.0 Å². The largest absolute Gasteiger partial charge is 0.376 e. The third-order valence-electron chi connectivity index (χ3n) is 5.44. The van der Waals surface area contributed by atoms with Crippen LogP contribution in [0.3, 0.4) is 0 Å². The molecule has 2 aromatic heterocycles. The highest BCUT2D eigenvalue weighted by molar-refractivity contribution is 5.92. The SMILES string of the molecule is O=C(c1cnn(-c2ccccc2)n1)N(Cc1nc2ccccc2c(=O)[nH]1)C[C@@H]1CCCO1. The number of para-hydroxylation sites is 2. The maximum absolute atomic E-state index is 13.4. The van der Waals surface area contributed by atoms with Crippen LogP contribution in [0.4, 0.5) is 0 Å². The lowest BCUT2D eigenvalue weighted by atomic mass is 10.2. The van der Waals surface area contributed by atoms with Crippen LogP contribution in [0, 0.1) is 0 Å². The zero-order valence-electron chi connectivity index (χ0n) is 17.3. The van der Waals surface area contributed by atoms with Gasteiger partial charge in [0.1, 0.15) is 5.82 Å². The maximum Gasteiger partial charge on any atom is 0.276 e. The number of nitrogens with zero attached hydrogens (tertiary/aromatic N) is 5. The van der Waals surface area contributed by atoms with Gasteiger partial charge >= 0.3 is 0 Å². The molecule has 0 saturated carbocycles. The minimum atomic E-state index is -0.293. The Morgan fingerprint density at radius 3 is 2.78 bits per heavy atom. The molecule has 4 aromatic rings. The lowest BCUT2D eigenvalue weighted by molar-refractivity contribution is 0.0496. The summed E-state index contributed by atoms with van der Waals surface area (Å²) in [5.74, 6) is 0.119. The number of aromatic amines is 1. The summed E-state index contributed by atoms with van der Waals surface area (Å²) in [6, 6.07) is 16.5. The average Bonchev–Trinajstić information content (AvgIpc) is 3.51. The predicted molar refractivity (Wildman–Crippen MR) is 117 cm³/mol. The monoisotopic (exact) mass is 430 g/mol. The van der Waals surface area contributed by atoms with Crippen LogP contribution in [-0.2, 0) is 11.3 Å². The van der Waals surface area contributed by atoms with E-state index in [0.29, 0.717) is 29.9 Å². The molecular weight excluding hydrogens is 408 g/mol. The van der Waals surface area contributed by atoms with Crippen molar-refractivity contribution in [3.8, 4) is 5.69 Å². The second-order valence-corrected chi connectivity index (χ2v) is 7.71. The highest BCUT2D eigenvalue weighted by atomic mass is 16.5. The van der Waals surface area contributed by atoms with E-state index in [0.717, 1.165) is 18.5 Å². The van der Waals surface area contributed by atoms with E-state index in [9.17, 15) is 9.59 Å². The molecule has 5 rings (SSSR count). The van der Waals surface area contributed by atoms with E-state index in [-0.39, 0.29) is 29.8 Å². The molecular formula is C23H22N6O3. The van der Waals surface area contributed by atoms with Crippen molar-refractivity contribution in [2.45, 2.75) is 25.5 Å². The number of hydrogen-bond acceptors (Lipinski definition) is 6. The third-order valence-corrected chi connectivity index (χ3v) is 5.44. The summed E-state index contributed by atoms with van der Waals surface area (Å²) < 4.78 is 5.75. The van der Waals surface area contributed by atoms with Crippen LogP contribution in [0.1, 0.15) is 29.2 Å². The van der Waals surface area contributed by atoms with Crippen molar-refractivity contribution < 1.29 is 9.53 Å². The fourth-order valence-electron chi connectivity index (χ4n) is 3.85. The quantitative estimate of drug-likeness (QED) is 0.503. The molecule has 0 unspecified atom stereocenters. The van der Waals surface area contributed by atoms with Crippen LogP contribution >= 0.6 is 0 Å². The molecule has 0 spiro atoms. The summed E-state index contributed by atoms with van der Waals surface area (Å²) in [5, 5.41) is 9.12. The standard InChI is InChI=1S/C23H22N6O3/c30-22-18-10-4-5-11-19(18)25-21(26-22)15-28(14-17-9-6-12-32-17)23(31)20-13-24-29(27-20)16-7-2-1-3-8-16/h1-5,7-8,10-11,13,17H,6,9,12,14-15H2,(H,25,26,30)/t17-/m0/s1. The normalized spacial score (nSPS) is 15.8. The number of carbonyl (C=O) groups is 1. The molecule has 1 aliphatic rings. The molecule has 2 aromatic carbocycles. The summed E-state index contributed by atoms with van der Waals surface area (Å²) in [7, 11) is 0. The fourth-order valence-corrected chi connectivity index (χ4v) is 3.85. The average molecular weight is 430 g/mol. The minimum Gasteiger partial charge on any atom is -0.376 e. The Kier molecular flexibility index (Phi) is 5.47. The van der Waals surface area contributed by atoms with Gasteiger partial charge in [-0.3, -0.25) is 9.59 Å². The van der Waals surface area contributed by atoms with Crippen LogP contribution in [0.25, 0.3) is 16.6 Å². The number of benzene rings is 2. The van der Waals surface area contributed by atoms with Crippen LogP contribution < -0.4 is 5.56 Å². The molecule has 0 radical (unpaired) electrons. The first-order chi connectivity index (χ1) is 15.7. The van der Waals surface area contributed by atoms with Gasteiger partial charge in [-0.15, -0.1) is 5.10 Å². The molecule has 1 amide bonds. The fraction of sp³-hybridized carbons (Fsp3) is 0.261. The van der Waals surface area contributed by atoms with Crippen molar-refractivity contribution in [3.05, 3.63) is 82.7 Å². The van der Waals surface area contributed by atoms with Gasteiger partial charge in [-0.25, -0.2) is 4.98 Å². The summed E-state index contributed by atoms with van der Waals surface area (Å²) in [6.45, 7) is 1.20. The van der Waals surface area contributed by atoms with E-state index >= 15 is 0 Å². The number of carbonyl (C=O) groups excluding carboxylic acids is 1. The number of fused-ring (bicyclic) bond motifs is 1. The second-order valence-electron chi connectivity index (χ2n) is 7.71. The van der Waals surface area contributed by atoms with Crippen molar-refractivity contribution >= 4 is 16.8 Å². The van der Waals surface area contributed by atoms with Crippen LogP contribution in [0.2, 0.25) is 0 Å². The van der Waals surface area contributed by atoms with E-state index in [4.69, 9.17) is 4.74 Å². The highest BCUT2D eigenvalue weighted by Crippen LogP contribution is 2.17. The minimum absolute atomic E-state index is 0.0599. The molecule has 9 heteroatoms. The van der Waals surface area contributed by atoms with Crippen LogP contribution in [-0.4, -0.2) is 55.0 Å². The van der Waals surface area contributed by atoms with E-state index in [1.54, 1.807) is 23.1 Å². The molecule has 0 aliphatic carbocycles. The van der Waals surface area contributed by atoms with Gasteiger partial charge < -0.3 is 14.6 Å². The smallest absolute Gasteiger partial charge is 0.276 e. The Morgan fingerprint density at radius 1 is 1.16 bits per heavy atom. The van der Waals surface area contributed by atoms with Gasteiger partial charge in [0.05, 0.1) is 35.4 Å². The van der Waals surface area contributed by atoms with E-state index in [2.05, 4.69) is 20.2 Å². The second kappa shape index (κ2) is 8.72. The van der Waals surface area contributed by atoms with Gasteiger partial charge in [0.15, 0.2) is 5.69 Å². The summed E-state index contributed by atoms with van der Waals surface area (Å²) in [4.78, 5) is 36.2. The van der Waals surface area contributed by atoms with Gasteiger partial charge in [-0.2, -0.15) is 9.90 Å². The van der Waals surface area contributed by atoms with Crippen molar-refractivity contribution in [3.63, 3.8) is 0 Å². The lowest BCUT2D eigenvalue weighted by Gasteiger charge is -2.24. The van der Waals surface area contributed by atoms with Crippen LogP contribution in [0.5, 0.6) is 0 Å². The lowest BCUT2D eigenvalue weighted by Crippen LogP contribution is -2.38. The summed E-state index contributed by atoms with van der Waals surface area (Å²) >= 11 is 0. The molecule has 3 heterocycles. The molecule has 1 fully saturated rings. The van der Waals surface area contributed by atoms with Gasteiger partial charge in [-0.1, -0.05) is 30.3 Å². The molecule has 1 saturated heterocycles. The molecule has 0 bridgehead atoms. The van der Waals surface area contributed by atoms with Gasteiger partial charge in [0.2, 0.25) is 0 Å². The highest BCUT2D eigenvalue weighted by Gasteiger charge is 2.26. The maximum atomic E-state index is 13.4. The van der Waals surface area contributed by atoms with Crippen molar-refractivity contribution in [2.24, 2.45) is 0 Å². The summed E-state index contributed by atoms with van der Waals surface area (Å²) in [6.07, 6.45) is 3.23. The number of aromatic nitrogens is 5. The first-order valence-electron chi connectivity index (χ1n) is 10.5. The van der Waals surface area contributed by atoms with Crippen LogP contribution in [0.15, 0.2) is 65.6 Å². The first kappa shape index (κ1) is 20.1. The molecule has 1 N–H and O–H groups in total. The topological polar surface area (TPSA) is 106 Å². The zero-order valence-corrected chi connectivity index (χ0v) is 17.3. The summed E-state index contributed by atoms with van der Waals surface area (Å²) in [5.41, 5.74) is 1.34. The van der Waals surface area contributed by atoms with Gasteiger partial charge in [-0.05, 0) is 37.1 Å². The number of ether oxygens (including phenoxy) is 1. The van der Waals surface area contributed by atoms with E-state index < -0.39 is 0 Å². The molecule has 1 aliphatic heterocycles. The number of nitrogens with one attached hydrogen (secondary N) is 1. The number of H-pyrrole nitrogens is 1. The Hall–Kier alpha value is -3.85. The molecule has 32 heavy (non-hydrogen) atoms. The molecule has 1 atom stereocenters. The predicted octanol–water partition coefficient (Wildman–Crippen LogP) is 2.33. The van der Waals surface area contributed by atoms with E-state index in [1.807, 2.05) is 36.4 Å². The number of amides is 1. The zero-order chi connectivity index (χ0) is 21.9. The van der Waals surface area contributed by atoms with Crippen molar-refractivity contribution in [1.82, 2.24) is 29.9 Å². The Labute approximate surface area is 183 Å². The Morgan fingerprint density at radius 2 is 1.97 bits per heavy atom. The third kappa shape index (κ3) is 4.15. The number of hydrogen-bond donors (Lipinski definition) is 1. The van der Waals surface area contributed by atoms with Crippen molar-refractivity contribution in [1.29, 1.82) is 0 Å². The Bertz CT molecular complexity index is 1290. The molecule has 162 valence electrons. The molecule has 9 nitrogen and oxygen atoms in total. The number of rotatable bonds is 6. The van der Waals surface area contributed by atoms with Gasteiger partial charge in [0, 0.05) is 13.2 Å². The van der Waals surface area contributed by atoms with Gasteiger partial charge in [0.25, 0.3) is 11.5 Å². The Balaban J connectivity index is 1.44. The van der Waals surface area contributed by atoms with Crippen molar-refractivity contribution in [2.75, 3.05) is 13.2 Å². The first-order valence-corrected chi connectivity index (χ1v) is 10.5.